The lowest BCUT2D eigenvalue weighted by Crippen LogP contribution is -2.18. The van der Waals surface area contributed by atoms with E-state index in [1.807, 2.05) is 0 Å². The van der Waals surface area contributed by atoms with Crippen molar-refractivity contribution in [3.05, 3.63) is 18.2 Å². The van der Waals surface area contributed by atoms with Crippen LogP contribution in [0.5, 0.6) is 11.5 Å². The number of fused-ring (bicyclic) bond motifs is 1. The van der Waals surface area contributed by atoms with E-state index in [0.717, 1.165) is 6.42 Å². The molecule has 1 aromatic rings. The zero-order chi connectivity index (χ0) is 13.0. The van der Waals surface area contributed by atoms with Crippen molar-refractivity contribution in [2.75, 3.05) is 30.3 Å². The van der Waals surface area contributed by atoms with E-state index in [-0.39, 0.29) is 5.75 Å². The van der Waals surface area contributed by atoms with Crippen LogP contribution in [-0.4, -0.2) is 39.1 Å². The smallest absolute Gasteiger partial charge is 0.234 e. The van der Waals surface area contributed by atoms with Gasteiger partial charge in [0.15, 0.2) is 11.5 Å². The van der Waals surface area contributed by atoms with Gasteiger partial charge in [-0.05, 0) is 12.1 Å². The van der Waals surface area contributed by atoms with Gasteiger partial charge in [-0.25, -0.2) is 8.42 Å². The van der Waals surface area contributed by atoms with Crippen LogP contribution in [0.25, 0.3) is 0 Å². The second-order valence-corrected chi connectivity index (χ2v) is 5.70. The standard InChI is InChI=1S/C11H15NO5S/c13-4-7-18(14,15)12-9-2-3-10-11(8-9)17-6-1-5-16-10/h2-3,8,12-13H,1,4-7H2. The molecule has 0 atom stereocenters. The van der Waals surface area contributed by atoms with Crippen LogP contribution in [0.2, 0.25) is 0 Å². The third-order valence-electron chi connectivity index (χ3n) is 2.38. The van der Waals surface area contributed by atoms with Crippen molar-refractivity contribution in [2.45, 2.75) is 6.42 Å². The molecule has 1 aliphatic heterocycles. The van der Waals surface area contributed by atoms with Gasteiger partial charge in [0.1, 0.15) is 0 Å². The molecule has 2 N–H and O–H groups in total. The minimum Gasteiger partial charge on any atom is -0.490 e. The molecule has 100 valence electrons. The molecule has 0 unspecified atom stereocenters. The summed E-state index contributed by atoms with van der Waals surface area (Å²) in [5.74, 6) is 0.802. The molecule has 0 amide bonds. The molecule has 0 saturated heterocycles. The van der Waals surface area contributed by atoms with Crippen molar-refractivity contribution in [1.82, 2.24) is 0 Å². The van der Waals surface area contributed by atoms with Crippen LogP contribution >= 0.6 is 0 Å². The van der Waals surface area contributed by atoms with Gasteiger partial charge >= 0.3 is 0 Å². The van der Waals surface area contributed by atoms with E-state index in [2.05, 4.69) is 4.72 Å². The average Bonchev–Trinajstić information content (AvgIpc) is 2.52. The van der Waals surface area contributed by atoms with E-state index in [1.165, 1.54) is 0 Å². The van der Waals surface area contributed by atoms with E-state index in [1.54, 1.807) is 18.2 Å². The predicted octanol–water partition coefficient (Wildman–Crippen LogP) is 0.582. The Bertz CT molecular complexity index is 514. The number of ether oxygens (including phenoxy) is 2. The number of anilines is 1. The summed E-state index contributed by atoms with van der Waals surface area (Å²) in [6.07, 6.45) is 0.792. The quantitative estimate of drug-likeness (QED) is 0.838. The second kappa shape index (κ2) is 5.45. The first-order valence-corrected chi connectivity index (χ1v) is 7.27. The van der Waals surface area contributed by atoms with Gasteiger partial charge in [0, 0.05) is 12.5 Å². The summed E-state index contributed by atoms with van der Waals surface area (Å²) < 4.78 is 36.2. The van der Waals surface area contributed by atoms with Crippen LogP contribution in [0.4, 0.5) is 5.69 Å². The Balaban J connectivity index is 2.18. The van der Waals surface area contributed by atoms with Crippen LogP contribution in [-0.2, 0) is 10.0 Å². The van der Waals surface area contributed by atoms with Gasteiger partial charge in [0.05, 0.1) is 31.3 Å². The highest BCUT2D eigenvalue weighted by Crippen LogP contribution is 2.32. The van der Waals surface area contributed by atoms with Crippen LogP contribution < -0.4 is 14.2 Å². The number of benzene rings is 1. The maximum Gasteiger partial charge on any atom is 0.234 e. The molecule has 1 aromatic carbocycles. The first-order valence-electron chi connectivity index (χ1n) is 5.62. The average molecular weight is 273 g/mol. The normalized spacial score (nSPS) is 14.9. The first-order chi connectivity index (χ1) is 8.61. The van der Waals surface area contributed by atoms with Crippen molar-refractivity contribution in [3.8, 4) is 11.5 Å². The third-order valence-corrected chi connectivity index (χ3v) is 3.65. The maximum absolute atomic E-state index is 11.5. The molecule has 0 saturated carbocycles. The molecule has 2 rings (SSSR count). The zero-order valence-electron chi connectivity index (χ0n) is 9.76. The highest BCUT2D eigenvalue weighted by Gasteiger charge is 2.14. The number of aliphatic hydroxyl groups excluding tert-OH is 1. The van der Waals surface area contributed by atoms with Gasteiger partial charge in [0.25, 0.3) is 0 Å². The molecule has 0 aromatic heterocycles. The molecule has 0 aliphatic carbocycles. The first kappa shape index (κ1) is 13.0. The van der Waals surface area contributed by atoms with Crippen LogP contribution in [0, 0.1) is 0 Å². The largest absolute Gasteiger partial charge is 0.490 e. The van der Waals surface area contributed by atoms with Gasteiger partial charge in [-0.2, -0.15) is 0 Å². The van der Waals surface area contributed by atoms with Gasteiger partial charge in [0.2, 0.25) is 10.0 Å². The number of hydrogen-bond acceptors (Lipinski definition) is 5. The summed E-state index contributed by atoms with van der Waals surface area (Å²) in [4.78, 5) is 0. The van der Waals surface area contributed by atoms with Crippen molar-refractivity contribution >= 4 is 15.7 Å². The zero-order valence-corrected chi connectivity index (χ0v) is 10.6. The Morgan fingerprint density at radius 3 is 2.67 bits per heavy atom. The van der Waals surface area contributed by atoms with Crippen molar-refractivity contribution in [2.24, 2.45) is 0 Å². The van der Waals surface area contributed by atoms with Gasteiger partial charge in [-0.3, -0.25) is 4.72 Å². The Morgan fingerprint density at radius 2 is 1.94 bits per heavy atom. The van der Waals surface area contributed by atoms with Crippen LogP contribution in [0.3, 0.4) is 0 Å². The van der Waals surface area contributed by atoms with Gasteiger partial charge in [-0.15, -0.1) is 0 Å². The number of sulfonamides is 1. The topological polar surface area (TPSA) is 84.9 Å². The number of rotatable bonds is 4. The minimum atomic E-state index is -3.52. The van der Waals surface area contributed by atoms with E-state index in [9.17, 15) is 8.42 Å². The Labute approximate surface area is 106 Å². The van der Waals surface area contributed by atoms with Gasteiger partial charge in [-0.1, -0.05) is 0 Å². The van der Waals surface area contributed by atoms with Crippen LogP contribution in [0.15, 0.2) is 18.2 Å². The fourth-order valence-electron chi connectivity index (χ4n) is 1.58. The Hall–Kier alpha value is -1.47. The van der Waals surface area contributed by atoms with Crippen LogP contribution in [0.1, 0.15) is 6.42 Å². The molecule has 1 heterocycles. The van der Waals surface area contributed by atoms with Crippen molar-refractivity contribution < 1.29 is 23.0 Å². The van der Waals surface area contributed by atoms with E-state index in [4.69, 9.17) is 14.6 Å². The maximum atomic E-state index is 11.5. The summed E-state index contributed by atoms with van der Waals surface area (Å²) in [5, 5.41) is 8.65. The number of nitrogens with one attached hydrogen (secondary N) is 1. The minimum absolute atomic E-state index is 0.332. The molecule has 0 fully saturated rings. The molecular formula is C11H15NO5S. The second-order valence-electron chi connectivity index (χ2n) is 3.86. The van der Waals surface area contributed by atoms with Crippen molar-refractivity contribution in [3.63, 3.8) is 0 Å². The lowest BCUT2D eigenvalue weighted by molar-refractivity contribution is 0.297. The summed E-state index contributed by atoms with van der Waals surface area (Å²) in [7, 11) is -3.52. The summed E-state index contributed by atoms with van der Waals surface area (Å²) in [6, 6.07) is 4.84. The third kappa shape index (κ3) is 3.27. The fourth-order valence-corrected chi connectivity index (χ4v) is 2.41. The monoisotopic (exact) mass is 273 g/mol. The lowest BCUT2D eigenvalue weighted by Gasteiger charge is -2.11. The fraction of sp³-hybridized carbons (Fsp3) is 0.455. The van der Waals surface area contributed by atoms with Gasteiger partial charge < -0.3 is 14.6 Å². The highest BCUT2D eigenvalue weighted by molar-refractivity contribution is 7.92. The molecule has 7 heteroatoms. The summed E-state index contributed by atoms with van der Waals surface area (Å²) in [5.41, 5.74) is 0.396. The molecule has 0 bridgehead atoms. The number of aliphatic hydroxyl groups is 1. The Morgan fingerprint density at radius 1 is 1.22 bits per heavy atom. The molecule has 0 spiro atoms. The molecular weight excluding hydrogens is 258 g/mol. The van der Waals surface area contributed by atoms with E-state index in [0.29, 0.717) is 30.4 Å². The van der Waals surface area contributed by atoms with Crippen molar-refractivity contribution in [1.29, 1.82) is 0 Å². The van der Waals surface area contributed by atoms with E-state index < -0.39 is 16.6 Å². The molecule has 6 nitrogen and oxygen atoms in total. The predicted molar refractivity (Wildman–Crippen MR) is 66.5 cm³/mol. The Kier molecular flexibility index (Phi) is 3.93. The highest BCUT2D eigenvalue weighted by atomic mass is 32.2. The number of hydrogen-bond donors (Lipinski definition) is 2. The summed E-state index contributed by atoms with van der Waals surface area (Å²) >= 11 is 0. The molecule has 18 heavy (non-hydrogen) atoms. The summed E-state index contributed by atoms with van der Waals surface area (Å²) in [6.45, 7) is 0.711. The molecule has 0 radical (unpaired) electrons. The lowest BCUT2D eigenvalue weighted by atomic mass is 10.3. The molecule has 1 aliphatic rings. The van der Waals surface area contributed by atoms with E-state index >= 15 is 0 Å². The SMILES string of the molecule is O=S(=O)(CCO)Nc1ccc2c(c1)OCCCO2.